The summed E-state index contributed by atoms with van der Waals surface area (Å²) in [7, 11) is 4.16. The summed E-state index contributed by atoms with van der Waals surface area (Å²) in [4.78, 5) is 19.8. The Morgan fingerprint density at radius 3 is 2.65 bits per heavy atom. The van der Waals surface area contributed by atoms with Crippen LogP contribution in [0, 0.1) is 0 Å². The van der Waals surface area contributed by atoms with Crippen LogP contribution in [-0.4, -0.2) is 81.5 Å². The molecule has 2 aromatic heterocycles. The summed E-state index contributed by atoms with van der Waals surface area (Å²) in [5.74, 6) is 1.39. The average Bonchev–Trinajstić information content (AvgIpc) is 3.53. The van der Waals surface area contributed by atoms with E-state index in [2.05, 4.69) is 64.4 Å². The van der Waals surface area contributed by atoms with Crippen molar-refractivity contribution in [3.05, 3.63) is 65.6 Å². The van der Waals surface area contributed by atoms with Gasteiger partial charge < -0.3 is 9.80 Å². The summed E-state index contributed by atoms with van der Waals surface area (Å²) in [6.07, 6.45) is 4.02. The molecule has 0 bridgehead atoms. The molecule has 162 valence electrons. The number of hydrogen-bond acceptors (Lipinski definition) is 5. The van der Waals surface area contributed by atoms with Crippen LogP contribution in [0.2, 0.25) is 0 Å². The van der Waals surface area contributed by atoms with E-state index in [4.69, 9.17) is 0 Å². The quantitative estimate of drug-likeness (QED) is 0.637. The molecular formula is C24H30N6O. The molecule has 0 radical (unpaired) electrons. The normalized spacial score (nSPS) is 22.1. The molecule has 1 aromatic carbocycles. The Morgan fingerprint density at radius 1 is 1.03 bits per heavy atom. The Kier molecular flexibility index (Phi) is 5.46. The van der Waals surface area contributed by atoms with Crippen LogP contribution in [0.4, 0.5) is 0 Å². The lowest BCUT2D eigenvalue weighted by Crippen LogP contribution is -2.34. The monoisotopic (exact) mass is 418 g/mol. The smallest absolute Gasteiger partial charge is 0.255 e. The van der Waals surface area contributed by atoms with Crippen LogP contribution in [0.15, 0.2) is 48.7 Å². The fourth-order valence-electron chi connectivity index (χ4n) is 4.87. The molecule has 2 aliphatic rings. The summed E-state index contributed by atoms with van der Waals surface area (Å²) in [5.41, 5.74) is 2.86. The second-order valence-electron chi connectivity index (χ2n) is 9.07. The number of fused-ring (bicyclic) bond motifs is 1. The molecule has 0 N–H and O–H groups in total. The number of pyridine rings is 1. The van der Waals surface area contributed by atoms with Crippen molar-refractivity contribution in [2.45, 2.75) is 31.3 Å². The summed E-state index contributed by atoms with van der Waals surface area (Å²) in [6, 6.07) is 14.8. The van der Waals surface area contributed by atoms with E-state index >= 15 is 0 Å². The molecule has 2 atom stereocenters. The number of likely N-dealkylation sites (N-methyl/N-ethyl adjacent to an activating group) is 1. The van der Waals surface area contributed by atoms with Crippen molar-refractivity contribution in [2.24, 2.45) is 0 Å². The zero-order valence-corrected chi connectivity index (χ0v) is 18.3. The number of amides is 1. The largest absolute Gasteiger partial charge is 0.337 e. The number of carbonyl (C=O) groups is 1. The highest BCUT2D eigenvalue weighted by Crippen LogP contribution is 2.28. The first-order valence-electron chi connectivity index (χ1n) is 11.1. The standard InChI is InChI=1S/C24H30N6O/c1-27(2)21-11-13-29(17-21)24(31)20-8-9-22-25-26-23(30(22)16-20)19-10-12-28(15-19)14-18-6-4-3-5-7-18/h3-9,16,19,21H,10-15,17H2,1-2H3/t19-,21-/m0/s1. The molecule has 2 saturated heterocycles. The van der Waals surface area contributed by atoms with Crippen molar-refractivity contribution in [3.8, 4) is 0 Å². The van der Waals surface area contributed by atoms with Gasteiger partial charge >= 0.3 is 0 Å². The van der Waals surface area contributed by atoms with E-state index in [0.717, 1.165) is 57.0 Å². The first-order valence-corrected chi connectivity index (χ1v) is 11.1. The van der Waals surface area contributed by atoms with E-state index in [1.54, 1.807) is 0 Å². The van der Waals surface area contributed by atoms with Gasteiger partial charge in [-0.05, 0) is 51.2 Å². The average molecular weight is 419 g/mol. The highest BCUT2D eigenvalue weighted by atomic mass is 16.2. The third-order valence-electron chi connectivity index (χ3n) is 6.74. The molecule has 3 aromatic rings. The third-order valence-corrected chi connectivity index (χ3v) is 6.74. The summed E-state index contributed by atoms with van der Waals surface area (Å²) < 4.78 is 2.03. The fraction of sp³-hybridized carbons (Fsp3) is 0.458. The molecule has 2 fully saturated rings. The fourth-order valence-corrected chi connectivity index (χ4v) is 4.87. The molecule has 0 aliphatic carbocycles. The first-order chi connectivity index (χ1) is 15.1. The van der Waals surface area contributed by atoms with Crippen LogP contribution >= 0.6 is 0 Å². The van der Waals surface area contributed by atoms with Crippen LogP contribution in [0.1, 0.15) is 40.5 Å². The highest BCUT2D eigenvalue weighted by molar-refractivity contribution is 5.94. The van der Waals surface area contributed by atoms with Gasteiger partial charge in [0.25, 0.3) is 5.91 Å². The van der Waals surface area contributed by atoms with Crippen LogP contribution in [0.5, 0.6) is 0 Å². The van der Waals surface area contributed by atoms with Crippen LogP contribution in [0.3, 0.4) is 0 Å². The maximum Gasteiger partial charge on any atom is 0.255 e. The topological polar surface area (TPSA) is 57.0 Å². The van der Waals surface area contributed by atoms with Crippen molar-refractivity contribution in [1.82, 2.24) is 29.3 Å². The Bertz CT molecular complexity index is 1060. The minimum atomic E-state index is 0.100. The number of likely N-dealkylation sites (tertiary alicyclic amines) is 2. The number of benzene rings is 1. The number of aromatic nitrogens is 3. The molecule has 7 heteroatoms. The van der Waals surface area contributed by atoms with Crippen molar-refractivity contribution in [1.29, 1.82) is 0 Å². The maximum atomic E-state index is 13.1. The van der Waals surface area contributed by atoms with Gasteiger partial charge in [-0.15, -0.1) is 10.2 Å². The minimum Gasteiger partial charge on any atom is -0.337 e. The Morgan fingerprint density at radius 2 is 1.87 bits per heavy atom. The number of nitrogens with zero attached hydrogens (tertiary/aromatic N) is 6. The van der Waals surface area contributed by atoms with Gasteiger partial charge in [-0.25, -0.2) is 0 Å². The zero-order chi connectivity index (χ0) is 21.4. The highest BCUT2D eigenvalue weighted by Gasteiger charge is 2.30. The number of rotatable bonds is 5. The Balaban J connectivity index is 1.32. The lowest BCUT2D eigenvalue weighted by atomic mass is 10.1. The van der Waals surface area contributed by atoms with E-state index in [-0.39, 0.29) is 5.91 Å². The minimum absolute atomic E-state index is 0.100. The molecular weight excluding hydrogens is 388 g/mol. The van der Waals surface area contributed by atoms with E-state index in [9.17, 15) is 4.79 Å². The molecule has 0 spiro atoms. The number of hydrogen-bond donors (Lipinski definition) is 0. The van der Waals surface area contributed by atoms with Crippen molar-refractivity contribution in [2.75, 3.05) is 40.3 Å². The summed E-state index contributed by atoms with van der Waals surface area (Å²) in [5, 5.41) is 8.88. The van der Waals surface area contributed by atoms with Gasteiger partial charge in [-0.2, -0.15) is 0 Å². The number of carbonyl (C=O) groups excluding carboxylic acids is 1. The van der Waals surface area contributed by atoms with Gasteiger partial charge in [-0.3, -0.25) is 14.1 Å². The lowest BCUT2D eigenvalue weighted by Gasteiger charge is -2.20. The maximum absolute atomic E-state index is 13.1. The van der Waals surface area contributed by atoms with Crippen LogP contribution in [0.25, 0.3) is 5.65 Å². The molecule has 0 unspecified atom stereocenters. The molecule has 7 nitrogen and oxygen atoms in total. The molecule has 0 saturated carbocycles. The van der Waals surface area contributed by atoms with Gasteiger partial charge in [-0.1, -0.05) is 30.3 Å². The van der Waals surface area contributed by atoms with Gasteiger partial charge in [0, 0.05) is 44.3 Å². The van der Waals surface area contributed by atoms with Gasteiger partial charge in [0.05, 0.1) is 5.56 Å². The van der Waals surface area contributed by atoms with E-state index < -0.39 is 0 Å². The zero-order valence-electron chi connectivity index (χ0n) is 18.3. The predicted octanol–water partition coefficient (Wildman–Crippen LogP) is 2.49. The van der Waals surface area contributed by atoms with Crippen LogP contribution in [-0.2, 0) is 6.54 Å². The first kappa shape index (κ1) is 20.2. The second-order valence-corrected chi connectivity index (χ2v) is 9.07. The molecule has 5 rings (SSSR count). The second kappa shape index (κ2) is 8.40. The molecule has 2 aliphatic heterocycles. The summed E-state index contributed by atoms with van der Waals surface area (Å²) >= 11 is 0. The summed E-state index contributed by atoms with van der Waals surface area (Å²) in [6.45, 7) is 4.57. The van der Waals surface area contributed by atoms with E-state index in [1.165, 1.54) is 5.56 Å². The molecule has 31 heavy (non-hydrogen) atoms. The molecule has 1 amide bonds. The van der Waals surface area contributed by atoms with Crippen molar-refractivity contribution < 1.29 is 4.79 Å². The van der Waals surface area contributed by atoms with Crippen molar-refractivity contribution in [3.63, 3.8) is 0 Å². The van der Waals surface area contributed by atoms with Gasteiger partial charge in [0.1, 0.15) is 5.82 Å². The Hall–Kier alpha value is -2.77. The lowest BCUT2D eigenvalue weighted by molar-refractivity contribution is 0.0782. The Labute approximate surface area is 183 Å². The van der Waals surface area contributed by atoms with E-state index in [1.807, 2.05) is 27.6 Å². The van der Waals surface area contributed by atoms with Gasteiger partial charge in [0.15, 0.2) is 5.65 Å². The predicted molar refractivity (Wildman–Crippen MR) is 120 cm³/mol. The van der Waals surface area contributed by atoms with Crippen molar-refractivity contribution >= 4 is 11.6 Å². The molecule has 4 heterocycles. The van der Waals surface area contributed by atoms with Crippen LogP contribution < -0.4 is 0 Å². The van der Waals surface area contributed by atoms with E-state index in [0.29, 0.717) is 17.5 Å². The third kappa shape index (κ3) is 4.07. The SMILES string of the molecule is CN(C)[C@H]1CCN(C(=O)c2ccc3nnc([C@H]4CCN(Cc5ccccc5)C4)n3c2)C1. The van der Waals surface area contributed by atoms with Gasteiger partial charge in [0.2, 0.25) is 0 Å².